The van der Waals surface area contributed by atoms with Gasteiger partial charge in [-0.15, -0.1) is 0 Å². The quantitative estimate of drug-likeness (QED) is 0.627. The Bertz CT molecular complexity index is 335. The van der Waals surface area contributed by atoms with Crippen molar-refractivity contribution in [3.05, 3.63) is 54.2 Å². The first kappa shape index (κ1) is 8.11. The van der Waals surface area contributed by atoms with E-state index in [1.54, 1.807) is 0 Å². The maximum atomic E-state index is 2.18. The molecule has 1 aromatic rings. The minimum atomic E-state index is 1.00. The molecule has 0 aliphatic carbocycles. The number of hydrogen-bond acceptors (Lipinski definition) is 1. The molecular weight excluding hydrogens is 158 g/mol. The fourth-order valence-corrected chi connectivity index (χ4v) is 1.52. The average Bonchev–Trinajstić information content (AvgIpc) is 2.19. The molecule has 1 aromatic carbocycles. The molecule has 1 nitrogen and oxygen atoms in total. The second-order valence-electron chi connectivity index (χ2n) is 3.31. The molecule has 0 radical (unpaired) electrons. The molecule has 0 amide bonds. The van der Waals surface area contributed by atoms with Gasteiger partial charge < -0.3 is 4.90 Å². The molecule has 0 aromatic heterocycles. The lowest BCUT2D eigenvalue weighted by Gasteiger charge is -2.19. The topological polar surface area (TPSA) is 3.24 Å². The minimum Gasteiger partial charge on any atom is -0.376 e. The van der Waals surface area contributed by atoms with Crippen LogP contribution in [0.25, 0.3) is 5.57 Å². The van der Waals surface area contributed by atoms with E-state index < -0.39 is 0 Å². The first-order valence-electron chi connectivity index (χ1n) is 4.49. The SMILES string of the molecule is CN1C=CC=C(c2ccccc2)C1. The van der Waals surface area contributed by atoms with Gasteiger partial charge in [0.2, 0.25) is 0 Å². The summed E-state index contributed by atoms with van der Waals surface area (Å²) in [5, 5.41) is 0. The molecule has 13 heavy (non-hydrogen) atoms. The fraction of sp³-hybridized carbons (Fsp3) is 0.167. The van der Waals surface area contributed by atoms with Crippen LogP contribution >= 0.6 is 0 Å². The minimum absolute atomic E-state index is 1.00. The van der Waals surface area contributed by atoms with Gasteiger partial charge in [-0.2, -0.15) is 0 Å². The second-order valence-corrected chi connectivity index (χ2v) is 3.31. The van der Waals surface area contributed by atoms with Crippen molar-refractivity contribution in [2.75, 3.05) is 13.6 Å². The van der Waals surface area contributed by atoms with E-state index in [4.69, 9.17) is 0 Å². The lowest BCUT2D eigenvalue weighted by molar-refractivity contribution is 0.512. The maximum Gasteiger partial charge on any atom is 0.0426 e. The first-order valence-corrected chi connectivity index (χ1v) is 4.49. The summed E-state index contributed by atoms with van der Waals surface area (Å²) in [6, 6.07) is 10.5. The summed E-state index contributed by atoms with van der Waals surface area (Å²) in [5.41, 5.74) is 2.70. The van der Waals surface area contributed by atoms with Crippen LogP contribution in [0.4, 0.5) is 0 Å². The molecular formula is C12H13N. The van der Waals surface area contributed by atoms with E-state index in [2.05, 4.69) is 54.6 Å². The molecule has 66 valence electrons. The Morgan fingerprint density at radius 1 is 1.15 bits per heavy atom. The number of allylic oxidation sites excluding steroid dienone is 2. The van der Waals surface area contributed by atoms with E-state index in [1.807, 2.05) is 6.07 Å². The van der Waals surface area contributed by atoms with Crippen molar-refractivity contribution < 1.29 is 0 Å². The third-order valence-electron chi connectivity index (χ3n) is 2.20. The predicted molar refractivity (Wildman–Crippen MR) is 56.2 cm³/mol. The van der Waals surface area contributed by atoms with Gasteiger partial charge in [0, 0.05) is 13.6 Å². The van der Waals surface area contributed by atoms with E-state index in [0.29, 0.717) is 0 Å². The molecule has 2 rings (SSSR count). The molecule has 0 atom stereocenters. The monoisotopic (exact) mass is 171 g/mol. The van der Waals surface area contributed by atoms with Gasteiger partial charge in [-0.1, -0.05) is 36.4 Å². The second kappa shape index (κ2) is 3.48. The highest BCUT2D eigenvalue weighted by molar-refractivity contribution is 5.69. The molecule has 1 heteroatoms. The highest BCUT2D eigenvalue weighted by atomic mass is 15.1. The maximum absolute atomic E-state index is 2.18. The summed E-state index contributed by atoms with van der Waals surface area (Å²) in [6.07, 6.45) is 6.35. The van der Waals surface area contributed by atoms with Crippen LogP contribution in [-0.2, 0) is 0 Å². The number of hydrogen-bond donors (Lipinski definition) is 0. The van der Waals surface area contributed by atoms with E-state index in [9.17, 15) is 0 Å². The number of likely N-dealkylation sites (N-methyl/N-ethyl adjacent to an activating group) is 1. The van der Waals surface area contributed by atoms with Gasteiger partial charge >= 0.3 is 0 Å². The Morgan fingerprint density at radius 3 is 2.62 bits per heavy atom. The molecule has 0 unspecified atom stereocenters. The smallest absolute Gasteiger partial charge is 0.0426 e. The lowest BCUT2D eigenvalue weighted by atomic mass is 10.0. The van der Waals surface area contributed by atoms with Crippen molar-refractivity contribution in [3.8, 4) is 0 Å². The van der Waals surface area contributed by atoms with Gasteiger partial charge in [0.25, 0.3) is 0 Å². The Kier molecular flexibility index (Phi) is 2.17. The van der Waals surface area contributed by atoms with Gasteiger partial charge in [0.15, 0.2) is 0 Å². The zero-order valence-corrected chi connectivity index (χ0v) is 7.77. The third-order valence-corrected chi connectivity index (χ3v) is 2.20. The predicted octanol–water partition coefficient (Wildman–Crippen LogP) is 2.53. The van der Waals surface area contributed by atoms with Crippen LogP contribution in [0.15, 0.2) is 48.7 Å². The van der Waals surface area contributed by atoms with Crippen molar-refractivity contribution in [3.63, 3.8) is 0 Å². The Labute approximate surface area is 79.0 Å². The van der Waals surface area contributed by atoms with Crippen LogP contribution in [0, 0.1) is 0 Å². The average molecular weight is 171 g/mol. The van der Waals surface area contributed by atoms with Crippen molar-refractivity contribution in [1.29, 1.82) is 0 Å². The summed E-state index contributed by atoms with van der Waals surface area (Å²) in [6.45, 7) is 1.00. The van der Waals surface area contributed by atoms with Crippen LogP contribution in [0.2, 0.25) is 0 Å². The Hall–Kier alpha value is -1.50. The summed E-state index contributed by atoms with van der Waals surface area (Å²) >= 11 is 0. The summed E-state index contributed by atoms with van der Waals surface area (Å²) < 4.78 is 0. The van der Waals surface area contributed by atoms with Crippen LogP contribution in [0.1, 0.15) is 5.56 Å². The molecule has 0 N–H and O–H groups in total. The zero-order chi connectivity index (χ0) is 9.10. The van der Waals surface area contributed by atoms with Crippen molar-refractivity contribution in [2.24, 2.45) is 0 Å². The van der Waals surface area contributed by atoms with E-state index >= 15 is 0 Å². The van der Waals surface area contributed by atoms with Gasteiger partial charge in [0.05, 0.1) is 0 Å². The van der Waals surface area contributed by atoms with Crippen LogP contribution < -0.4 is 0 Å². The molecule has 0 spiro atoms. The lowest BCUT2D eigenvalue weighted by Crippen LogP contribution is -2.15. The molecule has 1 aliphatic rings. The van der Waals surface area contributed by atoms with Crippen LogP contribution in [0.5, 0.6) is 0 Å². The van der Waals surface area contributed by atoms with E-state index in [-0.39, 0.29) is 0 Å². The third kappa shape index (κ3) is 1.81. The van der Waals surface area contributed by atoms with Crippen molar-refractivity contribution in [1.82, 2.24) is 4.90 Å². The van der Waals surface area contributed by atoms with Gasteiger partial charge in [-0.05, 0) is 23.4 Å². The summed E-state index contributed by atoms with van der Waals surface area (Å²) in [5.74, 6) is 0. The fourth-order valence-electron chi connectivity index (χ4n) is 1.52. The van der Waals surface area contributed by atoms with E-state index in [1.165, 1.54) is 11.1 Å². The van der Waals surface area contributed by atoms with Gasteiger partial charge in [-0.25, -0.2) is 0 Å². The highest BCUT2D eigenvalue weighted by Gasteiger charge is 2.04. The zero-order valence-electron chi connectivity index (χ0n) is 7.77. The molecule has 0 saturated carbocycles. The summed E-state index contributed by atoms with van der Waals surface area (Å²) in [4.78, 5) is 2.18. The molecule has 1 heterocycles. The van der Waals surface area contributed by atoms with Crippen LogP contribution in [0.3, 0.4) is 0 Å². The normalized spacial score (nSPS) is 15.8. The molecule has 0 bridgehead atoms. The van der Waals surface area contributed by atoms with Crippen molar-refractivity contribution in [2.45, 2.75) is 0 Å². The number of rotatable bonds is 1. The number of benzene rings is 1. The van der Waals surface area contributed by atoms with Crippen LogP contribution in [-0.4, -0.2) is 18.5 Å². The molecule has 0 fully saturated rings. The standard InChI is InChI=1S/C12H13N/c1-13-9-5-8-12(10-13)11-6-3-2-4-7-11/h2-9H,10H2,1H3. The first-order chi connectivity index (χ1) is 6.36. The summed E-state index contributed by atoms with van der Waals surface area (Å²) in [7, 11) is 2.09. The Balaban J connectivity index is 2.28. The largest absolute Gasteiger partial charge is 0.376 e. The van der Waals surface area contributed by atoms with E-state index in [0.717, 1.165) is 6.54 Å². The van der Waals surface area contributed by atoms with Gasteiger partial charge in [-0.3, -0.25) is 0 Å². The molecule has 1 aliphatic heterocycles. The van der Waals surface area contributed by atoms with Crippen molar-refractivity contribution >= 4 is 5.57 Å². The Morgan fingerprint density at radius 2 is 1.92 bits per heavy atom. The number of nitrogens with zero attached hydrogens (tertiary/aromatic N) is 1. The highest BCUT2D eigenvalue weighted by Crippen LogP contribution is 2.17. The molecule has 0 saturated heterocycles. The van der Waals surface area contributed by atoms with Gasteiger partial charge in [0.1, 0.15) is 0 Å².